The Balaban J connectivity index is 1.33. The Morgan fingerprint density at radius 1 is 1.11 bits per heavy atom. The lowest BCUT2D eigenvalue weighted by atomic mass is 10.1. The van der Waals surface area contributed by atoms with Gasteiger partial charge in [0.2, 0.25) is 0 Å². The summed E-state index contributed by atoms with van der Waals surface area (Å²) in [6.45, 7) is 8.41. The number of carbonyl (C=O) groups is 1. The van der Waals surface area contributed by atoms with Gasteiger partial charge in [-0.05, 0) is 42.5 Å². The van der Waals surface area contributed by atoms with Gasteiger partial charge in [0.25, 0.3) is 0 Å². The number of piperazine rings is 1. The zero-order chi connectivity index (χ0) is 18.8. The van der Waals surface area contributed by atoms with E-state index in [9.17, 15) is 4.79 Å². The van der Waals surface area contributed by atoms with Crippen LogP contribution in [0.3, 0.4) is 0 Å². The lowest BCUT2D eigenvalue weighted by molar-refractivity contribution is 0.143. The first kappa shape index (κ1) is 17.9. The average molecular weight is 381 g/mol. The number of aryl methyl sites for hydroxylation is 2. The zero-order valence-electron chi connectivity index (χ0n) is 15.7. The summed E-state index contributed by atoms with van der Waals surface area (Å²) >= 11 is 1.88. The third kappa shape index (κ3) is 3.96. The van der Waals surface area contributed by atoms with Gasteiger partial charge in [-0.15, -0.1) is 11.3 Å². The third-order valence-corrected chi connectivity index (χ3v) is 6.37. The molecule has 0 unspecified atom stereocenters. The van der Waals surface area contributed by atoms with Crippen LogP contribution < -0.4 is 5.32 Å². The first-order valence-corrected chi connectivity index (χ1v) is 10.1. The molecule has 140 valence electrons. The zero-order valence-corrected chi connectivity index (χ0v) is 16.6. The van der Waals surface area contributed by atoms with Crippen molar-refractivity contribution in [2.75, 3.05) is 31.5 Å². The van der Waals surface area contributed by atoms with Gasteiger partial charge in [-0.3, -0.25) is 10.2 Å². The molecule has 27 heavy (non-hydrogen) atoms. The standard InChI is InChI=1S/C21H24N4OS/c1-15-7-8-20(22-13-15)23-21(26)25-11-9-24(10-12-25)14-19-16(2)17-5-3-4-6-18(17)27-19/h3-8,13H,9-12,14H2,1-2H3,(H,22,23,26). The summed E-state index contributed by atoms with van der Waals surface area (Å²) in [7, 11) is 0. The summed E-state index contributed by atoms with van der Waals surface area (Å²) < 4.78 is 1.36. The van der Waals surface area contributed by atoms with Crippen LogP contribution >= 0.6 is 11.3 Å². The molecule has 0 radical (unpaired) electrons. The summed E-state index contributed by atoms with van der Waals surface area (Å²) in [5.74, 6) is 0.605. The number of rotatable bonds is 3. The minimum Gasteiger partial charge on any atom is -0.322 e. The van der Waals surface area contributed by atoms with E-state index in [-0.39, 0.29) is 6.03 Å². The van der Waals surface area contributed by atoms with Gasteiger partial charge >= 0.3 is 6.03 Å². The quantitative estimate of drug-likeness (QED) is 0.738. The Morgan fingerprint density at radius 3 is 2.59 bits per heavy atom. The van der Waals surface area contributed by atoms with E-state index in [1.54, 1.807) is 6.20 Å². The Labute approximate surface area is 163 Å². The number of fused-ring (bicyclic) bond motifs is 1. The first-order chi connectivity index (χ1) is 13.1. The molecule has 3 heterocycles. The molecule has 1 aliphatic rings. The van der Waals surface area contributed by atoms with E-state index in [1.165, 1.54) is 20.5 Å². The Hall–Kier alpha value is -2.44. The number of aromatic nitrogens is 1. The molecule has 0 bridgehead atoms. The predicted molar refractivity (Wildman–Crippen MR) is 111 cm³/mol. The highest BCUT2D eigenvalue weighted by Gasteiger charge is 2.22. The minimum absolute atomic E-state index is 0.0657. The van der Waals surface area contributed by atoms with Crippen molar-refractivity contribution in [2.45, 2.75) is 20.4 Å². The van der Waals surface area contributed by atoms with Crippen molar-refractivity contribution in [3.05, 3.63) is 58.6 Å². The highest BCUT2D eigenvalue weighted by atomic mass is 32.1. The average Bonchev–Trinajstić information content (AvgIpc) is 3.00. The first-order valence-electron chi connectivity index (χ1n) is 9.28. The van der Waals surface area contributed by atoms with Gasteiger partial charge in [0.05, 0.1) is 0 Å². The largest absolute Gasteiger partial charge is 0.323 e. The minimum atomic E-state index is -0.0657. The highest BCUT2D eigenvalue weighted by Crippen LogP contribution is 2.31. The number of thiophene rings is 1. The molecule has 1 fully saturated rings. The summed E-state index contributed by atoms with van der Waals surface area (Å²) in [6, 6.07) is 12.3. The number of pyridine rings is 1. The van der Waals surface area contributed by atoms with E-state index < -0.39 is 0 Å². The second-order valence-corrected chi connectivity index (χ2v) is 8.20. The van der Waals surface area contributed by atoms with Crippen molar-refractivity contribution < 1.29 is 4.79 Å². The molecule has 1 saturated heterocycles. The molecule has 1 N–H and O–H groups in total. The topological polar surface area (TPSA) is 48.5 Å². The smallest absolute Gasteiger partial charge is 0.322 e. The lowest BCUT2D eigenvalue weighted by Gasteiger charge is -2.34. The number of benzene rings is 1. The molecular formula is C21H24N4OS. The maximum absolute atomic E-state index is 12.4. The molecule has 2 amide bonds. The van der Waals surface area contributed by atoms with Crippen LogP contribution in [-0.2, 0) is 6.54 Å². The SMILES string of the molecule is Cc1ccc(NC(=O)N2CCN(Cc3sc4ccccc4c3C)CC2)nc1. The monoisotopic (exact) mass is 380 g/mol. The van der Waals surface area contributed by atoms with Crippen molar-refractivity contribution in [3.63, 3.8) is 0 Å². The molecular weight excluding hydrogens is 356 g/mol. The molecule has 0 saturated carbocycles. The van der Waals surface area contributed by atoms with Crippen LogP contribution in [0.1, 0.15) is 16.0 Å². The molecule has 0 spiro atoms. The fourth-order valence-corrected chi connectivity index (χ4v) is 4.67. The number of urea groups is 1. The van der Waals surface area contributed by atoms with Crippen LogP contribution in [0.5, 0.6) is 0 Å². The van der Waals surface area contributed by atoms with E-state index in [4.69, 9.17) is 0 Å². The van der Waals surface area contributed by atoms with Gasteiger partial charge in [0, 0.05) is 48.5 Å². The van der Waals surface area contributed by atoms with Gasteiger partial charge in [-0.1, -0.05) is 24.3 Å². The van der Waals surface area contributed by atoms with Crippen molar-refractivity contribution in [2.24, 2.45) is 0 Å². The summed E-state index contributed by atoms with van der Waals surface area (Å²) in [6.07, 6.45) is 1.76. The van der Waals surface area contributed by atoms with Crippen molar-refractivity contribution in [1.82, 2.24) is 14.8 Å². The van der Waals surface area contributed by atoms with Gasteiger partial charge in [0.1, 0.15) is 5.82 Å². The number of nitrogens with one attached hydrogen (secondary N) is 1. The maximum atomic E-state index is 12.4. The molecule has 5 nitrogen and oxygen atoms in total. The molecule has 1 aromatic carbocycles. The fraction of sp³-hybridized carbons (Fsp3) is 0.333. The molecule has 2 aromatic heterocycles. The predicted octanol–water partition coefficient (Wildman–Crippen LogP) is 4.26. The Kier molecular flexibility index (Phi) is 5.09. The van der Waals surface area contributed by atoms with Crippen molar-refractivity contribution in [3.8, 4) is 0 Å². The highest BCUT2D eigenvalue weighted by molar-refractivity contribution is 7.19. The number of amides is 2. The van der Waals surface area contributed by atoms with Crippen LogP contribution in [-0.4, -0.2) is 47.0 Å². The second-order valence-electron chi connectivity index (χ2n) is 7.06. The van der Waals surface area contributed by atoms with Crippen LogP contribution in [0.4, 0.5) is 10.6 Å². The summed E-state index contributed by atoms with van der Waals surface area (Å²) in [5.41, 5.74) is 2.47. The van der Waals surface area contributed by atoms with E-state index >= 15 is 0 Å². The summed E-state index contributed by atoms with van der Waals surface area (Å²) in [4.78, 5) is 22.4. The van der Waals surface area contributed by atoms with Crippen LogP contribution in [0.25, 0.3) is 10.1 Å². The molecule has 0 aliphatic carbocycles. The molecule has 3 aromatic rings. The molecule has 6 heteroatoms. The van der Waals surface area contributed by atoms with Crippen molar-refractivity contribution >= 4 is 33.3 Å². The Morgan fingerprint density at radius 2 is 1.89 bits per heavy atom. The number of nitrogens with zero attached hydrogens (tertiary/aromatic N) is 3. The van der Waals surface area contributed by atoms with Crippen LogP contribution in [0.2, 0.25) is 0 Å². The molecule has 0 atom stereocenters. The van der Waals surface area contributed by atoms with Crippen LogP contribution in [0.15, 0.2) is 42.6 Å². The van der Waals surface area contributed by atoms with Crippen molar-refractivity contribution in [1.29, 1.82) is 0 Å². The van der Waals surface area contributed by atoms with E-state index in [2.05, 4.69) is 46.4 Å². The van der Waals surface area contributed by atoms with Gasteiger partial charge < -0.3 is 4.90 Å². The van der Waals surface area contributed by atoms with E-state index in [0.717, 1.165) is 38.3 Å². The van der Waals surface area contributed by atoms with Gasteiger partial charge in [0.15, 0.2) is 0 Å². The number of hydrogen-bond donors (Lipinski definition) is 1. The van der Waals surface area contributed by atoms with Crippen LogP contribution in [0, 0.1) is 13.8 Å². The third-order valence-electron chi connectivity index (χ3n) is 5.12. The normalized spacial score (nSPS) is 15.3. The second kappa shape index (κ2) is 7.66. The van der Waals surface area contributed by atoms with E-state index in [1.807, 2.05) is 35.3 Å². The summed E-state index contributed by atoms with van der Waals surface area (Å²) in [5, 5.41) is 4.25. The van der Waals surface area contributed by atoms with E-state index in [0.29, 0.717) is 5.82 Å². The molecule has 1 aliphatic heterocycles. The number of anilines is 1. The fourth-order valence-electron chi connectivity index (χ4n) is 3.42. The van der Waals surface area contributed by atoms with Gasteiger partial charge in [-0.2, -0.15) is 0 Å². The molecule has 4 rings (SSSR count). The Bertz CT molecular complexity index is 942. The lowest BCUT2D eigenvalue weighted by Crippen LogP contribution is -2.49. The maximum Gasteiger partial charge on any atom is 0.323 e. The number of hydrogen-bond acceptors (Lipinski definition) is 4. The number of carbonyl (C=O) groups excluding carboxylic acids is 1. The van der Waals surface area contributed by atoms with Gasteiger partial charge in [-0.25, -0.2) is 9.78 Å².